The van der Waals surface area contributed by atoms with Gasteiger partial charge in [-0.2, -0.15) is 5.26 Å². The maximum Gasteiger partial charge on any atom is 0.236 e. The van der Waals surface area contributed by atoms with Crippen molar-refractivity contribution in [2.45, 2.75) is 54.7 Å². The number of hydrogen-bond acceptors (Lipinski definition) is 4. The fraction of sp³-hybridized carbons (Fsp3) is 0.556. The van der Waals surface area contributed by atoms with E-state index >= 15 is 0 Å². The zero-order chi connectivity index (χ0) is 16.9. The van der Waals surface area contributed by atoms with Crippen LogP contribution in [0.5, 0.6) is 5.75 Å². The van der Waals surface area contributed by atoms with E-state index in [0.29, 0.717) is 0 Å². The van der Waals surface area contributed by atoms with Crippen molar-refractivity contribution < 1.29 is 9.53 Å². The molecule has 1 aromatic carbocycles. The number of nitrogens with zero attached hydrogens (tertiary/aromatic N) is 2. The van der Waals surface area contributed by atoms with Crippen molar-refractivity contribution >= 4 is 17.7 Å². The highest BCUT2D eigenvalue weighted by molar-refractivity contribution is 8.00. The van der Waals surface area contributed by atoms with Gasteiger partial charge in [0.25, 0.3) is 0 Å². The van der Waals surface area contributed by atoms with E-state index in [1.807, 2.05) is 31.2 Å². The molecule has 0 unspecified atom stereocenters. The molecule has 0 aromatic heterocycles. The second-order valence-electron chi connectivity index (χ2n) is 6.04. The van der Waals surface area contributed by atoms with E-state index in [0.717, 1.165) is 42.7 Å². The van der Waals surface area contributed by atoms with Crippen molar-refractivity contribution in [3.05, 3.63) is 24.3 Å². The number of carbonyl (C=O) groups is 1. The summed E-state index contributed by atoms with van der Waals surface area (Å²) < 4.78 is 5.15. The Morgan fingerprint density at radius 3 is 2.43 bits per heavy atom. The first kappa shape index (κ1) is 17.7. The van der Waals surface area contributed by atoms with E-state index in [1.165, 1.54) is 11.8 Å². The SMILES string of the molecule is COc1ccc(S[C@@H](C)C(=O)N(C)C2(C#N)CCCCC2)cc1. The average molecular weight is 332 g/mol. The summed E-state index contributed by atoms with van der Waals surface area (Å²) in [6, 6.07) is 10.1. The molecular formula is C18H24N2O2S. The number of ether oxygens (including phenoxy) is 1. The quantitative estimate of drug-likeness (QED) is 0.768. The minimum Gasteiger partial charge on any atom is -0.497 e. The van der Waals surface area contributed by atoms with Crippen LogP contribution in [0.2, 0.25) is 0 Å². The number of amides is 1. The summed E-state index contributed by atoms with van der Waals surface area (Å²) in [5.74, 6) is 0.824. The highest BCUT2D eigenvalue weighted by Gasteiger charge is 2.40. The molecule has 1 amide bonds. The Bertz CT molecular complexity index is 574. The number of methoxy groups -OCH3 is 1. The van der Waals surface area contributed by atoms with E-state index in [2.05, 4.69) is 6.07 Å². The first-order valence-corrected chi connectivity index (χ1v) is 8.90. The molecule has 0 spiro atoms. The molecule has 1 atom stereocenters. The van der Waals surface area contributed by atoms with E-state index < -0.39 is 5.54 Å². The van der Waals surface area contributed by atoms with Crippen LogP contribution >= 0.6 is 11.8 Å². The number of thioether (sulfide) groups is 1. The standard InChI is InChI=1S/C18H24N2O2S/c1-14(23-16-9-7-15(22-3)8-10-16)17(21)20(2)18(13-19)11-5-4-6-12-18/h7-10,14H,4-6,11-12H2,1-3H3/t14-/m0/s1. The molecule has 1 fully saturated rings. The third-order valence-corrected chi connectivity index (χ3v) is 5.68. The number of nitriles is 1. The summed E-state index contributed by atoms with van der Waals surface area (Å²) in [5, 5.41) is 9.40. The van der Waals surface area contributed by atoms with E-state index in [-0.39, 0.29) is 11.2 Å². The minimum absolute atomic E-state index is 0.0225. The van der Waals surface area contributed by atoms with Crippen LogP contribution in [0.4, 0.5) is 0 Å². The molecule has 0 saturated heterocycles. The Kier molecular flexibility index (Phi) is 5.95. The van der Waals surface area contributed by atoms with Crippen molar-refractivity contribution in [1.29, 1.82) is 5.26 Å². The van der Waals surface area contributed by atoms with Crippen LogP contribution in [0.15, 0.2) is 29.2 Å². The summed E-state index contributed by atoms with van der Waals surface area (Å²) in [6.07, 6.45) is 4.76. The molecule has 1 aromatic rings. The molecule has 0 bridgehead atoms. The third kappa shape index (κ3) is 4.00. The van der Waals surface area contributed by atoms with Gasteiger partial charge < -0.3 is 9.64 Å². The smallest absolute Gasteiger partial charge is 0.236 e. The number of rotatable bonds is 5. The van der Waals surface area contributed by atoms with Crippen LogP contribution in [-0.4, -0.2) is 35.8 Å². The van der Waals surface area contributed by atoms with Gasteiger partial charge in [0.05, 0.1) is 18.4 Å². The van der Waals surface area contributed by atoms with Crippen molar-refractivity contribution in [3.8, 4) is 11.8 Å². The Labute approximate surface area is 142 Å². The molecule has 0 radical (unpaired) electrons. The monoisotopic (exact) mass is 332 g/mol. The lowest BCUT2D eigenvalue weighted by Gasteiger charge is -2.40. The minimum atomic E-state index is -0.621. The van der Waals surface area contributed by atoms with Gasteiger partial charge in [-0.15, -0.1) is 11.8 Å². The van der Waals surface area contributed by atoms with Crippen molar-refractivity contribution in [2.24, 2.45) is 0 Å². The van der Waals surface area contributed by atoms with Crippen LogP contribution in [0.1, 0.15) is 39.0 Å². The Morgan fingerprint density at radius 2 is 1.91 bits per heavy atom. The molecule has 0 N–H and O–H groups in total. The maximum atomic E-state index is 12.8. The van der Waals surface area contributed by atoms with Crippen LogP contribution < -0.4 is 4.74 Å². The fourth-order valence-corrected chi connectivity index (χ4v) is 4.01. The lowest BCUT2D eigenvalue weighted by atomic mass is 9.81. The van der Waals surface area contributed by atoms with E-state index in [9.17, 15) is 10.1 Å². The third-order valence-electron chi connectivity index (χ3n) is 4.58. The second kappa shape index (κ2) is 7.74. The summed E-state index contributed by atoms with van der Waals surface area (Å²) in [6.45, 7) is 1.90. The number of benzene rings is 1. The first-order chi connectivity index (χ1) is 11.0. The molecular weight excluding hydrogens is 308 g/mol. The highest BCUT2D eigenvalue weighted by atomic mass is 32.2. The predicted octanol–water partition coefficient (Wildman–Crippen LogP) is 3.86. The van der Waals surface area contributed by atoms with Crippen LogP contribution in [-0.2, 0) is 4.79 Å². The van der Waals surface area contributed by atoms with Gasteiger partial charge in [-0.3, -0.25) is 4.79 Å². The molecule has 0 heterocycles. The first-order valence-electron chi connectivity index (χ1n) is 8.02. The normalized spacial score (nSPS) is 17.8. The largest absolute Gasteiger partial charge is 0.497 e. The highest BCUT2D eigenvalue weighted by Crippen LogP contribution is 2.34. The summed E-state index contributed by atoms with van der Waals surface area (Å²) in [4.78, 5) is 15.5. The Hall–Kier alpha value is -1.67. The molecule has 4 nitrogen and oxygen atoms in total. The molecule has 2 rings (SSSR count). The van der Waals surface area contributed by atoms with Crippen LogP contribution in [0.25, 0.3) is 0 Å². The molecule has 1 aliphatic carbocycles. The van der Waals surface area contributed by atoms with Crippen LogP contribution in [0, 0.1) is 11.3 Å². The molecule has 0 aliphatic heterocycles. The number of carbonyl (C=O) groups excluding carboxylic acids is 1. The van der Waals surface area contributed by atoms with Gasteiger partial charge in [0.2, 0.25) is 5.91 Å². The van der Waals surface area contributed by atoms with E-state index in [1.54, 1.807) is 19.1 Å². The van der Waals surface area contributed by atoms with Gasteiger partial charge in [0.1, 0.15) is 11.3 Å². The van der Waals surface area contributed by atoms with Gasteiger partial charge >= 0.3 is 0 Å². The molecule has 1 saturated carbocycles. The summed E-state index contributed by atoms with van der Waals surface area (Å²) in [5.41, 5.74) is -0.621. The van der Waals surface area contributed by atoms with Crippen molar-refractivity contribution in [1.82, 2.24) is 4.90 Å². The molecule has 124 valence electrons. The van der Waals surface area contributed by atoms with Crippen molar-refractivity contribution in [3.63, 3.8) is 0 Å². The van der Waals surface area contributed by atoms with Gasteiger partial charge in [-0.1, -0.05) is 19.3 Å². The van der Waals surface area contributed by atoms with Gasteiger partial charge in [-0.05, 0) is 44.0 Å². The topological polar surface area (TPSA) is 53.3 Å². The summed E-state index contributed by atoms with van der Waals surface area (Å²) >= 11 is 1.52. The molecule has 23 heavy (non-hydrogen) atoms. The lowest BCUT2D eigenvalue weighted by molar-refractivity contribution is -0.133. The number of hydrogen-bond donors (Lipinski definition) is 0. The second-order valence-corrected chi connectivity index (χ2v) is 7.45. The molecule has 1 aliphatic rings. The van der Waals surface area contributed by atoms with Crippen LogP contribution in [0.3, 0.4) is 0 Å². The summed E-state index contributed by atoms with van der Waals surface area (Å²) in [7, 11) is 3.41. The lowest BCUT2D eigenvalue weighted by Crippen LogP contribution is -2.52. The average Bonchev–Trinajstić information content (AvgIpc) is 2.61. The van der Waals surface area contributed by atoms with Gasteiger partial charge in [0, 0.05) is 11.9 Å². The molecule has 5 heteroatoms. The maximum absolute atomic E-state index is 12.8. The van der Waals surface area contributed by atoms with Crippen molar-refractivity contribution in [2.75, 3.05) is 14.2 Å². The van der Waals surface area contributed by atoms with Gasteiger partial charge in [0.15, 0.2) is 0 Å². The Balaban J connectivity index is 2.04. The zero-order valence-corrected chi connectivity index (χ0v) is 14.9. The fourth-order valence-electron chi connectivity index (χ4n) is 3.05. The Morgan fingerprint density at radius 1 is 1.30 bits per heavy atom. The predicted molar refractivity (Wildman–Crippen MR) is 92.5 cm³/mol. The van der Waals surface area contributed by atoms with Gasteiger partial charge in [-0.25, -0.2) is 0 Å². The van der Waals surface area contributed by atoms with E-state index in [4.69, 9.17) is 4.74 Å². The zero-order valence-electron chi connectivity index (χ0n) is 14.0.